The normalized spacial score (nSPS) is 11.1. The predicted molar refractivity (Wildman–Crippen MR) is 49.3 cm³/mol. The molecule has 0 atom stereocenters. The van der Waals surface area contributed by atoms with Crippen LogP contribution >= 0.6 is 0 Å². The molecular formula is C10H9F3O3. The van der Waals surface area contributed by atoms with Gasteiger partial charge in [0.1, 0.15) is 5.75 Å². The Morgan fingerprint density at radius 1 is 1.25 bits per heavy atom. The lowest BCUT2D eigenvalue weighted by Crippen LogP contribution is -2.09. The third kappa shape index (κ3) is 2.44. The minimum Gasteiger partial charge on any atom is -0.496 e. The zero-order valence-corrected chi connectivity index (χ0v) is 8.59. The van der Waals surface area contributed by atoms with Gasteiger partial charge in [-0.25, -0.2) is 4.79 Å². The molecule has 1 aromatic rings. The van der Waals surface area contributed by atoms with Crippen molar-refractivity contribution in [3.8, 4) is 5.75 Å². The molecule has 0 aliphatic heterocycles. The molecule has 0 fully saturated rings. The third-order valence-electron chi connectivity index (χ3n) is 1.93. The summed E-state index contributed by atoms with van der Waals surface area (Å²) in [6.45, 7) is 0. The lowest BCUT2D eigenvalue weighted by Gasteiger charge is -2.12. The maximum atomic E-state index is 12.5. The standard InChI is InChI=1S/C10H9F3O3/c1-15-8-5-6(9(14)16-2)3-4-7(8)10(11,12)13/h3-5H,1-2H3. The van der Waals surface area contributed by atoms with Gasteiger partial charge in [-0.2, -0.15) is 13.2 Å². The van der Waals surface area contributed by atoms with Crippen LogP contribution in [0.25, 0.3) is 0 Å². The van der Waals surface area contributed by atoms with Crippen molar-refractivity contribution in [2.75, 3.05) is 14.2 Å². The maximum Gasteiger partial charge on any atom is 0.419 e. The molecule has 88 valence electrons. The Morgan fingerprint density at radius 3 is 2.31 bits per heavy atom. The van der Waals surface area contributed by atoms with E-state index in [-0.39, 0.29) is 5.56 Å². The minimum absolute atomic E-state index is 0.00681. The molecule has 0 aliphatic carbocycles. The van der Waals surface area contributed by atoms with Crippen LogP contribution in [0, 0.1) is 0 Å². The van der Waals surface area contributed by atoms with Crippen LogP contribution in [0.3, 0.4) is 0 Å². The van der Waals surface area contributed by atoms with Crippen molar-refractivity contribution in [2.24, 2.45) is 0 Å². The molecule has 0 N–H and O–H groups in total. The van der Waals surface area contributed by atoms with Crippen LogP contribution < -0.4 is 4.74 Å². The first-order valence-electron chi connectivity index (χ1n) is 4.23. The molecule has 0 saturated carbocycles. The van der Waals surface area contributed by atoms with Crippen LogP contribution in [0.15, 0.2) is 18.2 Å². The van der Waals surface area contributed by atoms with Gasteiger partial charge in [-0.05, 0) is 18.2 Å². The molecule has 0 saturated heterocycles. The fourth-order valence-electron chi connectivity index (χ4n) is 1.17. The lowest BCUT2D eigenvalue weighted by molar-refractivity contribution is -0.138. The van der Waals surface area contributed by atoms with Crippen LogP contribution in [-0.2, 0) is 10.9 Å². The molecular weight excluding hydrogens is 225 g/mol. The molecule has 0 aliphatic rings. The summed E-state index contributed by atoms with van der Waals surface area (Å²) < 4.78 is 46.3. The zero-order valence-electron chi connectivity index (χ0n) is 8.59. The molecule has 0 unspecified atom stereocenters. The number of alkyl halides is 3. The number of carbonyl (C=O) groups excluding carboxylic acids is 1. The van der Waals surface area contributed by atoms with Gasteiger partial charge in [0.05, 0.1) is 25.3 Å². The van der Waals surface area contributed by atoms with Gasteiger partial charge in [0.2, 0.25) is 0 Å². The second-order valence-corrected chi connectivity index (χ2v) is 2.90. The van der Waals surface area contributed by atoms with E-state index in [4.69, 9.17) is 0 Å². The number of rotatable bonds is 2. The summed E-state index contributed by atoms with van der Waals surface area (Å²) in [6.07, 6.45) is -4.51. The number of hydrogen-bond donors (Lipinski definition) is 0. The van der Waals surface area contributed by atoms with Crippen molar-refractivity contribution in [3.05, 3.63) is 29.3 Å². The molecule has 3 nitrogen and oxygen atoms in total. The number of halogens is 3. The van der Waals surface area contributed by atoms with Crippen molar-refractivity contribution in [1.82, 2.24) is 0 Å². The Labute approximate surface area is 89.8 Å². The average Bonchev–Trinajstić information content (AvgIpc) is 2.25. The molecule has 0 spiro atoms. The van der Waals surface area contributed by atoms with Crippen molar-refractivity contribution < 1.29 is 27.4 Å². The van der Waals surface area contributed by atoms with E-state index in [2.05, 4.69) is 9.47 Å². The number of methoxy groups -OCH3 is 2. The van der Waals surface area contributed by atoms with Gasteiger partial charge in [-0.15, -0.1) is 0 Å². The number of esters is 1. The summed E-state index contributed by atoms with van der Waals surface area (Å²) in [7, 11) is 2.25. The van der Waals surface area contributed by atoms with E-state index in [1.54, 1.807) is 0 Å². The van der Waals surface area contributed by atoms with Crippen LogP contribution in [-0.4, -0.2) is 20.2 Å². The maximum absolute atomic E-state index is 12.5. The highest BCUT2D eigenvalue weighted by Crippen LogP contribution is 2.36. The van der Waals surface area contributed by atoms with Crippen LogP contribution in [0.1, 0.15) is 15.9 Å². The van der Waals surface area contributed by atoms with Crippen LogP contribution in [0.5, 0.6) is 5.75 Å². The van der Waals surface area contributed by atoms with Crippen molar-refractivity contribution >= 4 is 5.97 Å². The summed E-state index contributed by atoms with van der Waals surface area (Å²) in [4.78, 5) is 11.1. The first kappa shape index (κ1) is 12.4. The highest BCUT2D eigenvalue weighted by molar-refractivity contribution is 5.89. The van der Waals surface area contributed by atoms with Crippen LogP contribution in [0.2, 0.25) is 0 Å². The topological polar surface area (TPSA) is 35.5 Å². The largest absolute Gasteiger partial charge is 0.496 e. The molecule has 0 bridgehead atoms. The Bertz CT molecular complexity index is 399. The molecule has 6 heteroatoms. The van der Waals surface area contributed by atoms with Crippen molar-refractivity contribution in [2.45, 2.75) is 6.18 Å². The Morgan fingerprint density at radius 2 is 1.88 bits per heavy atom. The van der Waals surface area contributed by atoms with E-state index in [9.17, 15) is 18.0 Å². The highest BCUT2D eigenvalue weighted by Gasteiger charge is 2.34. The summed E-state index contributed by atoms with van der Waals surface area (Å²) in [5.74, 6) is -1.12. The highest BCUT2D eigenvalue weighted by atomic mass is 19.4. The fraction of sp³-hybridized carbons (Fsp3) is 0.300. The number of hydrogen-bond acceptors (Lipinski definition) is 3. The lowest BCUT2D eigenvalue weighted by atomic mass is 10.1. The second-order valence-electron chi connectivity index (χ2n) is 2.90. The van der Waals surface area contributed by atoms with E-state index in [1.165, 1.54) is 0 Å². The van der Waals surface area contributed by atoms with Gasteiger partial charge in [-0.1, -0.05) is 0 Å². The van der Waals surface area contributed by atoms with Gasteiger partial charge < -0.3 is 9.47 Å². The quantitative estimate of drug-likeness (QED) is 0.737. The fourth-order valence-corrected chi connectivity index (χ4v) is 1.17. The summed E-state index contributed by atoms with van der Waals surface area (Å²) >= 11 is 0. The molecule has 16 heavy (non-hydrogen) atoms. The first-order chi connectivity index (χ1) is 7.40. The minimum atomic E-state index is -4.51. The van der Waals surface area contributed by atoms with Crippen molar-refractivity contribution in [1.29, 1.82) is 0 Å². The average molecular weight is 234 g/mol. The molecule has 0 heterocycles. The van der Waals surface area contributed by atoms with Crippen molar-refractivity contribution in [3.63, 3.8) is 0 Å². The predicted octanol–water partition coefficient (Wildman–Crippen LogP) is 2.50. The Hall–Kier alpha value is -1.72. The summed E-state index contributed by atoms with van der Waals surface area (Å²) in [5.41, 5.74) is -0.921. The molecule has 0 aromatic heterocycles. The summed E-state index contributed by atoms with van der Waals surface area (Å²) in [6, 6.07) is 2.82. The molecule has 0 radical (unpaired) electrons. The Kier molecular flexibility index (Phi) is 3.41. The molecule has 1 aromatic carbocycles. The number of ether oxygens (including phenoxy) is 2. The first-order valence-corrected chi connectivity index (χ1v) is 4.23. The van der Waals surface area contributed by atoms with E-state index in [0.29, 0.717) is 0 Å². The third-order valence-corrected chi connectivity index (χ3v) is 1.93. The van der Waals surface area contributed by atoms with Gasteiger partial charge in [0.15, 0.2) is 0 Å². The Balaban J connectivity index is 3.22. The van der Waals surface area contributed by atoms with E-state index >= 15 is 0 Å². The smallest absolute Gasteiger partial charge is 0.419 e. The zero-order chi connectivity index (χ0) is 12.3. The monoisotopic (exact) mass is 234 g/mol. The van der Waals surface area contributed by atoms with Gasteiger partial charge in [0, 0.05) is 0 Å². The second kappa shape index (κ2) is 4.42. The van der Waals surface area contributed by atoms with Crippen LogP contribution in [0.4, 0.5) is 13.2 Å². The number of carbonyl (C=O) groups is 1. The van der Waals surface area contributed by atoms with Gasteiger partial charge >= 0.3 is 12.1 Å². The van der Waals surface area contributed by atoms with Gasteiger partial charge in [-0.3, -0.25) is 0 Å². The van der Waals surface area contributed by atoms with Gasteiger partial charge in [0.25, 0.3) is 0 Å². The van der Waals surface area contributed by atoms with E-state index < -0.39 is 23.5 Å². The molecule has 0 amide bonds. The van der Waals surface area contributed by atoms with E-state index in [1.807, 2.05) is 0 Å². The SMILES string of the molecule is COC(=O)c1ccc(C(F)(F)F)c(OC)c1. The summed E-state index contributed by atoms with van der Waals surface area (Å²) in [5, 5.41) is 0. The molecule has 1 rings (SSSR count). The number of benzene rings is 1. The van der Waals surface area contributed by atoms with E-state index in [0.717, 1.165) is 32.4 Å².